The van der Waals surface area contributed by atoms with Gasteiger partial charge in [-0.15, -0.1) is 0 Å². The number of carbonyl (C=O) groups is 1. The zero-order chi connectivity index (χ0) is 23.5. The summed E-state index contributed by atoms with van der Waals surface area (Å²) in [6.07, 6.45) is 3.42. The summed E-state index contributed by atoms with van der Waals surface area (Å²) in [6, 6.07) is 21.2. The molecular weight excluding hydrogens is 452 g/mol. The summed E-state index contributed by atoms with van der Waals surface area (Å²) < 4.78 is 35.3. The first kappa shape index (κ1) is 22.3. The van der Waals surface area contributed by atoms with E-state index in [4.69, 9.17) is 4.74 Å². The fourth-order valence-corrected chi connectivity index (χ4v) is 5.08. The number of nitrogens with one attached hydrogen (secondary N) is 2. The molecule has 1 aliphatic heterocycles. The fourth-order valence-electron chi connectivity index (χ4n) is 3.97. The molecule has 0 saturated carbocycles. The number of rotatable bonds is 7. The van der Waals surface area contributed by atoms with Crippen molar-refractivity contribution >= 4 is 32.7 Å². The lowest BCUT2D eigenvalue weighted by Gasteiger charge is -2.12. The van der Waals surface area contributed by atoms with Gasteiger partial charge in [0.1, 0.15) is 6.33 Å². The third-order valence-electron chi connectivity index (χ3n) is 5.79. The predicted molar refractivity (Wildman–Crippen MR) is 130 cm³/mol. The average Bonchev–Trinajstić information content (AvgIpc) is 3.54. The van der Waals surface area contributed by atoms with Gasteiger partial charge in [0.05, 0.1) is 22.0 Å². The topological polar surface area (TPSA) is 102 Å². The normalized spacial score (nSPS) is 16.1. The van der Waals surface area contributed by atoms with Crippen LogP contribution in [0, 0.1) is 0 Å². The molecule has 1 unspecified atom stereocenters. The minimum atomic E-state index is -3.74. The number of anilines is 1. The van der Waals surface area contributed by atoms with E-state index in [1.807, 2.05) is 41.0 Å². The summed E-state index contributed by atoms with van der Waals surface area (Å²) in [5.41, 5.74) is 3.66. The van der Waals surface area contributed by atoms with Gasteiger partial charge in [0.25, 0.3) is 5.91 Å². The number of benzene rings is 3. The second-order valence-electron chi connectivity index (χ2n) is 8.12. The van der Waals surface area contributed by atoms with E-state index in [0.717, 1.165) is 29.6 Å². The quantitative estimate of drug-likeness (QED) is 0.423. The number of sulfonamides is 1. The molecule has 3 aromatic carbocycles. The number of imidazole rings is 1. The van der Waals surface area contributed by atoms with Crippen molar-refractivity contribution in [3.05, 3.63) is 84.7 Å². The van der Waals surface area contributed by atoms with Gasteiger partial charge in [-0.05, 0) is 67.4 Å². The number of hydrogen-bond acceptors (Lipinski definition) is 5. The Labute approximate surface area is 197 Å². The van der Waals surface area contributed by atoms with Crippen molar-refractivity contribution in [1.82, 2.24) is 14.3 Å². The van der Waals surface area contributed by atoms with Crippen molar-refractivity contribution in [2.45, 2.75) is 23.8 Å². The zero-order valence-corrected chi connectivity index (χ0v) is 19.2. The van der Waals surface area contributed by atoms with E-state index in [9.17, 15) is 13.2 Å². The highest BCUT2D eigenvalue weighted by Crippen LogP contribution is 2.20. The van der Waals surface area contributed by atoms with Crippen molar-refractivity contribution in [2.75, 3.05) is 18.5 Å². The van der Waals surface area contributed by atoms with Gasteiger partial charge in [0.15, 0.2) is 0 Å². The molecular formula is C25H24N4O4S. The molecule has 1 saturated heterocycles. The van der Waals surface area contributed by atoms with Crippen LogP contribution < -0.4 is 10.0 Å². The van der Waals surface area contributed by atoms with Gasteiger partial charge in [-0.25, -0.2) is 18.1 Å². The Kier molecular flexibility index (Phi) is 6.14. The minimum Gasteiger partial charge on any atom is -0.377 e. The van der Waals surface area contributed by atoms with Crippen LogP contribution in [0.25, 0.3) is 16.7 Å². The maximum Gasteiger partial charge on any atom is 0.255 e. The average molecular weight is 477 g/mol. The van der Waals surface area contributed by atoms with Crippen molar-refractivity contribution in [1.29, 1.82) is 0 Å². The van der Waals surface area contributed by atoms with Crippen LogP contribution >= 0.6 is 0 Å². The Balaban J connectivity index is 1.28. The monoisotopic (exact) mass is 476 g/mol. The third-order valence-corrected chi connectivity index (χ3v) is 7.21. The summed E-state index contributed by atoms with van der Waals surface area (Å²) in [5, 5.41) is 2.82. The molecule has 1 aromatic heterocycles. The molecule has 0 aliphatic carbocycles. The summed E-state index contributed by atoms with van der Waals surface area (Å²) in [4.78, 5) is 17.2. The van der Waals surface area contributed by atoms with Gasteiger partial charge in [-0.1, -0.05) is 18.2 Å². The predicted octanol–water partition coefficient (Wildman–Crippen LogP) is 3.74. The van der Waals surface area contributed by atoms with Crippen molar-refractivity contribution < 1.29 is 17.9 Å². The Morgan fingerprint density at radius 1 is 1.06 bits per heavy atom. The molecule has 2 heterocycles. The lowest BCUT2D eigenvalue weighted by atomic mass is 10.2. The standard InChI is InChI=1S/C25H24N4O4S/c30-25(18-5-3-7-22(15-18)34(31,32)27-16-21-6-4-14-33-21)28-19-10-12-20(13-11-19)29-17-26-23-8-1-2-9-24(23)29/h1-3,5,7-13,15,17,21,27H,4,6,14,16H2,(H,28,30). The number of para-hydroxylation sites is 2. The summed E-state index contributed by atoms with van der Waals surface area (Å²) in [6.45, 7) is 0.874. The molecule has 9 heteroatoms. The molecule has 5 rings (SSSR count). The van der Waals surface area contributed by atoms with Gasteiger partial charge >= 0.3 is 0 Å². The van der Waals surface area contributed by atoms with Gasteiger partial charge in [-0.2, -0.15) is 0 Å². The molecule has 1 atom stereocenters. The van der Waals surface area contributed by atoms with E-state index >= 15 is 0 Å². The second-order valence-corrected chi connectivity index (χ2v) is 9.89. The Bertz CT molecular complexity index is 1420. The number of fused-ring (bicyclic) bond motifs is 1. The third kappa shape index (κ3) is 4.72. The Morgan fingerprint density at radius 3 is 2.68 bits per heavy atom. The summed E-state index contributed by atoms with van der Waals surface area (Å²) >= 11 is 0. The first-order valence-electron chi connectivity index (χ1n) is 11.0. The van der Waals surface area contributed by atoms with Crippen LogP contribution in [0.1, 0.15) is 23.2 Å². The van der Waals surface area contributed by atoms with Crippen LogP contribution in [0.4, 0.5) is 5.69 Å². The van der Waals surface area contributed by atoms with Crippen LogP contribution in [-0.4, -0.2) is 43.1 Å². The van der Waals surface area contributed by atoms with Gasteiger partial charge in [0.2, 0.25) is 10.0 Å². The van der Waals surface area contributed by atoms with E-state index in [0.29, 0.717) is 12.3 Å². The number of carbonyl (C=O) groups excluding carboxylic acids is 1. The Hall–Kier alpha value is -3.53. The first-order chi connectivity index (χ1) is 16.5. The molecule has 0 bridgehead atoms. The number of ether oxygens (including phenoxy) is 1. The zero-order valence-electron chi connectivity index (χ0n) is 18.3. The van der Waals surface area contributed by atoms with Crippen LogP contribution in [0.3, 0.4) is 0 Å². The van der Waals surface area contributed by atoms with Gasteiger partial charge in [-0.3, -0.25) is 9.36 Å². The summed E-state index contributed by atoms with van der Waals surface area (Å²) in [5.74, 6) is -0.392. The number of hydrogen-bond donors (Lipinski definition) is 2. The number of nitrogens with zero attached hydrogens (tertiary/aromatic N) is 2. The number of aromatic nitrogens is 2. The van der Waals surface area contributed by atoms with Crippen LogP contribution in [-0.2, 0) is 14.8 Å². The lowest BCUT2D eigenvalue weighted by molar-refractivity contribution is 0.102. The lowest BCUT2D eigenvalue weighted by Crippen LogP contribution is -2.32. The Morgan fingerprint density at radius 2 is 1.88 bits per heavy atom. The van der Waals surface area contributed by atoms with E-state index in [-0.39, 0.29) is 23.1 Å². The molecule has 1 fully saturated rings. The first-order valence-corrected chi connectivity index (χ1v) is 12.5. The molecule has 0 spiro atoms. The van der Waals surface area contributed by atoms with Crippen molar-refractivity contribution in [2.24, 2.45) is 0 Å². The van der Waals surface area contributed by atoms with Crippen molar-refractivity contribution in [3.63, 3.8) is 0 Å². The minimum absolute atomic E-state index is 0.0421. The second kappa shape index (κ2) is 9.38. The van der Waals surface area contributed by atoms with E-state index in [2.05, 4.69) is 15.0 Å². The van der Waals surface area contributed by atoms with Crippen molar-refractivity contribution in [3.8, 4) is 5.69 Å². The van der Waals surface area contributed by atoms with Crippen LogP contribution in [0.5, 0.6) is 0 Å². The highest BCUT2D eigenvalue weighted by Gasteiger charge is 2.21. The molecule has 0 radical (unpaired) electrons. The number of amides is 1. The highest BCUT2D eigenvalue weighted by atomic mass is 32.2. The maximum absolute atomic E-state index is 12.8. The highest BCUT2D eigenvalue weighted by molar-refractivity contribution is 7.89. The van der Waals surface area contributed by atoms with E-state index < -0.39 is 15.9 Å². The van der Waals surface area contributed by atoms with Gasteiger partial charge < -0.3 is 10.1 Å². The van der Waals surface area contributed by atoms with E-state index in [1.54, 1.807) is 30.6 Å². The molecule has 2 N–H and O–H groups in total. The largest absolute Gasteiger partial charge is 0.377 e. The smallest absolute Gasteiger partial charge is 0.255 e. The molecule has 8 nitrogen and oxygen atoms in total. The maximum atomic E-state index is 12.8. The van der Waals surface area contributed by atoms with Gasteiger partial charge in [0, 0.05) is 30.1 Å². The summed E-state index contributed by atoms with van der Waals surface area (Å²) in [7, 11) is -3.74. The van der Waals surface area contributed by atoms with E-state index in [1.165, 1.54) is 12.1 Å². The molecule has 4 aromatic rings. The molecule has 1 aliphatic rings. The fraction of sp³-hybridized carbons (Fsp3) is 0.200. The SMILES string of the molecule is O=C(Nc1ccc(-n2cnc3ccccc32)cc1)c1cccc(S(=O)(=O)NCC2CCCO2)c1. The van der Waals surface area contributed by atoms with Crippen LogP contribution in [0.2, 0.25) is 0 Å². The van der Waals surface area contributed by atoms with Crippen LogP contribution in [0.15, 0.2) is 84.0 Å². The molecule has 1 amide bonds. The molecule has 174 valence electrons. The molecule has 34 heavy (non-hydrogen) atoms.